The molecule has 0 aromatic carbocycles. The Labute approximate surface area is 158 Å². The topological polar surface area (TPSA) is 83.9 Å². The highest BCUT2D eigenvalue weighted by Gasteiger charge is 2.44. The molecule has 3 aliphatic rings. The number of hydrogen-bond acceptors (Lipinski definition) is 5. The van der Waals surface area contributed by atoms with Crippen LogP contribution in [0.15, 0.2) is 6.07 Å². The Bertz CT molecular complexity index is 787. The van der Waals surface area contributed by atoms with Gasteiger partial charge < -0.3 is 9.84 Å². The summed E-state index contributed by atoms with van der Waals surface area (Å²) < 4.78 is 33.3. The van der Waals surface area contributed by atoms with E-state index in [-0.39, 0.29) is 5.75 Å². The predicted molar refractivity (Wildman–Crippen MR) is 99.2 cm³/mol. The predicted octanol–water partition coefficient (Wildman–Crippen LogP) is 2.83. The van der Waals surface area contributed by atoms with Crippen molar-refractivity contribution in [2.45, 2.75) is 50.5 Å². The SMILES string of the molecule is O=C(O)c1cc2c(s1)CCOC21CCN(S(=O)(=O)CC2CCCC2)CC1. The maximum Gasteiger partial charge on any atom is 0.345 e. The van der Waals surface area contributed by atoms with Crippen molar-refractivity contribution >= 4 is 27.3 Å². The lowest BCUT2D eigenvalue weighted by molar-refractivity contribution is -0.0883. The summed E-state index contributed by atoms with van der Waals surface area (Å²) in [6.07, 6.45) is 6.26. The maximum atomic E-state index is 12.8. The lowest BCUT2D eigenvalue weighted by atomic mass is 9.83. The van der Waals surface area contributed by atoms with E-state index in [1.807, 2.05) is 0 Å². The molecule has 144 valence electrons. The highest BCUT2D eigenvalue weighted by molar-refractivity contribution is 7.89. The molecule has 6 nitrogen and oxygen atoms in total. The van der Waals surface area contributed by atoms with Gasteiger partial charge in [0, 0.05) is 24.4 Å². The minimum atomic E-state index is -3.22. The number of piperidine rings is 1. The Morgan fingerprint density at radius 2 is 2.00 bits per heavy atom. The summed E-state index contributed by atoms with van der Waals surface area (Å²) in [4.78, 5) is 12.7. The molecule has 0 atom stereocenters. The molecule has 1 aliphatic carbocycles. The van der Waals surface area contributed by atoms with Crippen molar-refractivity contribution in [3.8, 4) is 0 Å². The van der Waals surface area contributed by atoms with Crippen LogP contribution in [0.4, 0.5) is 0 Å². The number of carbonyl (C=O) groups is 1. The fourth-order valence-electron chi connectivity index (χ4n) is 4.64. The number of hydrogen-bond donors (Lipinski definition) is 1. The average molecular weight is 400 g/mol. The molecule has 2 aliphatic heterocycles. The summed E-state index contributed by atoms with van der Waals surface area (Å²) in [5.41, 5.74) is 0.455. The standard InChI is InChI=1S/C18H25NO5S2/c20-17(21)16-11-14-15(25-16)5-10-24-18(14)6-8-19(9-7-18)26(22,23)12-13-3-1-2-4-13/h11,13H,1-10,12H2,(H,20,21). The lowest BCUT2D eigenvalue weighted by Gasteiger charge is -2.43. The first kappa shape index (κ1) is 18.4. The molecule has 4 rings (SSSR count). The Hall–Kier alpha value is -0.960. The first-order valence-electron chi connectivity index (χ1n) is 9.38. The molecule has 1 saturated carbocycles. The number of carboxylic acid groups (broad SMARTS) is 1. The number of ether oxygens (including phenoxy) is 1. The molecule has 1 aromatic rings. The third-order valence-corrected chi connectivity index (χ3v) is 9.29. The minimum absolute atomic E-state index is 0.272. The van der Waals surface area contributed by atoms with Crippen LogP contribution in [-0.2, 0) is 26.8 Å². The van der Waals surface area contributed by atoms with Gasteiger partial charge in [0.15, 0.2) is 0 Å². The lowest BCUT2D eigenvalue weighted by Crippen LogP contribution is -2.48. The largest absolute Gasteiger partial charge is 0.477 e. The van der Waals surface area contributed by atoms with E-state index in [4.69, 9.17) is 4.74 Å². The molecular weight excluding hydrogens is 374 g/mol. The zero-order chi connectivity index (χ0) is 18.4. The van der Waals surface area contributed by atoms with Crippen molar-refractivity contribution in [3.63, 3.8) is 0 Å². The molecule has 1 saturated heterocycles. The summed E-state index contributed by atoms with van der Waals surface area (Å²) in [6.45, 7) is 1.47. The number of sulfonamides is 1. The molecule has 2 fully saturated rings. The number of rotatable bonds is 4. The highest BCUT2D eigenvalue weighted by atomic mass is 32.2. The Morgan fingerprint density at radius 3 is 2.65 bits per heavy atom. The third-order valence-electron chi connectivity index (χ3n) is 6.06. The minimum Gasteiger partial charge on any atom is -0.477 e. The van der Waals surface area contributed by atoms with Crippen molar-refractivity contribution < 1.29 is 23.1 Å². The molecule has 0 bridgehead atoms. The third kappa shape index (κ3) is 3.32. The summed E-state index contributed by atoms with van der Waals surface area (Å²) in [7, 11) is -3.22. The van der Waals surface area contributed by atoms with E-state index in [0.29, 0.717) is 43.3 Å². The van der Waals surface area contributed by atoms with Crippen molar-refractivity contribution in [2.75, 3.05) is 25.4 Å². The van der Waals surface area contributed by atoms with Crippen molar-refractivity contribution in [3.05, 3.63) is 21.4 Å². The van der Waals surface area contributed by atoms with Gasteiger partial charge >= 0.3 is 5.97 Å². The van der Waals surface area contributed by atoms with E-state index >= 15 is 0 Å². The number of carboxylic acids is 1. The van der Waals surface area contributed by atoms with E-state index in [2.05, 4.69) is 0 Å². The molecule has 26 heavy (non-hydrogen) atoms. The molecule has 1 aromatic heterocycles. The van der Waals surface area contributed by atoms with E-state index < -0.39 is 21.6 Å². The molecule has 1 N–H and O–H groups in total. The fraction of sp³-hybridized carbons (Fsp3) is 0.722. The molecule has 0 unspecified atom stereocenters. The van der Waals surface area contributed by atoms with Crippen LogP contribution in [0.3, 0.4) is 0 Å². The van der Waals surface area contributed by atoms with E-state index in [1.165, 1.54) is 11.3 Å². The second-order valence-corrected chi connectivity index (χ2v) is 10.8. The second-order valence-electron chi connectivity index (χ2n) is 7.67. The van der Waals surface area contributed by atoms with Gasteiger partial charge in [-0.15, -0.1) is 11.3 Å². The van der Waals surface area contributed by atoms with Crippen molar-refractivity contribution in [1.29, 1.82) is 0 Å². The molecule has 1 spiro atoms. The van der Waals surface area contributed by atoms with Gasteiger partial charge in [0.1, 0.15) is 4.88 Å². The first-order valence-corrected chi connectivity index (χ1v) is 11.8. The molecule has 3 heterocycles. The normalized spacial score (nSPS) is 24.0. The van der Waals surface area contributed by atoms with Gasteiger partial charge in [0.2, 0.25) is 10.0 Å². The van der Waals surface area contributed by atoms with Gasteiger partial charge in [0.25, 0.3) is 0 Å². The Balaban J connectivity index is 1.49. The van der Waals surface area contributed by atoms with Crippen LogP contribution in [-0.4, -0.2) is 49.2 Å². The molecular formula is C18H25NO5S2. The second kappa shape index (κ2) is 6.89. The summed E-state index contributed by atoms with van der Waals surface area (Å²) >= 11 is 1.33. The smallest absolute Gasteiger partial charge is 0.345 e. The zero-order valence-corrected chi connectivity index (χ0v) is 16.4. The number of nitrogens with zero attached hydrogens (tertiary/aromatic N) is 1. The van der Waals surface area contributed by atoms with Gasteiger partial charge in [-0.1, -0.05) is 12.8 Å². The van der Waals surface area contributed by atoms with Gasteiger partial charge in [-0.2, -0.15) is 0 Å². The van der Waals surface area contributed by atoms with Crippen LogP contribution in [0.1, 0.15) is 58.6 Å². The first-order chi connectivity index (χ1) is 12.4. The van der Waals surface area contributed by atoms with E-state index in [9.17, 15) is 18.3 Å². The van der Waals surface area contributed by atoms with Gasteiger partial charge in [-0.3, -0.25) is 0 Å². The fourth-order valence-corrected chi connectivity index (χ4v) is 7.59. The monoisotopic (exact) mass is 399 g/mol. The van der Waals surface area contributed by atoms with Crippen molar-refractivity contribution in [2.24, 2.45) is 5.92 Å². The Morgan fingerprint density at radius 1 is 1.31 bits per heavy atom. The average Bonchev–Trinajstić information content (AvgIpc) is 3.25. The van der Waals surface area contributed by atoms with Crippen LogP contribution in [0.2, 0.25) is 0 Å². The highest BCUT2D eigenvalue weighted by Crippen LogP contribution is 2.45. The molecule has 0 radical (unpaired) electrons. The number of aromatic carboxylic acids is 1. The van der Waals surface area contributed by atoms with Gasteiger partial charge in [-0.05, 0) is 43.2 Å². The summed E-state index contributed by atoms with van der Waals surface area (Å²) in [5.74, 6) is -0.326. The van der Waals surface area contributed by atoms with Crippen LogP contribution in [0, 0.1) is 5.92 Å². The molecule has 8 heteroatoms. The number of thiophene rings is 1. The van der Waals surface area contributed by atoms with Gasteiger partial charge in [-0.25, -0.2) is 17.5 Å². The quantitative estimate of drug-likeness (QED) is 0.842. The van der Waals surface area contributed by atoms with Crippen LogP contribution < -0.4 is 0 Å². The van der Waals surface area contributed by atoms with Crippen molar-refractivity contribution in [1.82, 2.24) is 4.31 Å². The van der Waals surface area contributed by atoms with E-state index in [0.717, 1.165) is 42.5 Å². The van der Waals surface area contributed by atoms with Crippen LogP contribution in [0.25, 0.3) is 0 Å². The zero-order valence-electron chi connectivity index (χ0n) is 14.8. The summed E-state index contributed by atoms with van der Waals surface area (Å²) in [6, 6.07) is 1.74. The van der Waals surface area contributed by atoms with E-state index in [1.54, 1.807) is 10.4 Å². The Kier molecular flexibility index (Phi) is 4.88. The van der Waals surface area contributed by atoms with Crippen LogP contribution in [0.5, 0.6) is 0 Å². The van der Waals surface area contributed by atoms with Gasteiger partial charge in [0.05, 0.1) is 18.0 Å². The summed E-state index contributed by atoms with van der Waals surface area (Å²) in [5, 5.41) is 9.29. The van der Waals surface area contributed by atoms with Crippen LogP contribution >= 0.6 is 11.3 Å². The molecule has 0 amide bonds. The number of fused-ring (bicyclic) bond motifs is 2. The maximum absolute atomic E-state index is 12.8.